The second-order valence-corrected chi connectivity index (χ2v) is 12.2. The van der Waals surface area contributed by atoms with Crippen LogP contribution < -0.4 is 10.3 Å². The van der Waals surface area contributed by atoms with Gasteiger partial charge < -0.3 is 4.74 Å². The number of nitrogens with one attached hydrogen (secondary N) is 1. The Kier molecular flexibility index (Phi) is 8.98. The SMILES string of the molecule is CS(=O)(=O)O.Cc1cc(C)n(-c2ccc(F)cc2)c(=O)c1C(=O)Cc1ccc(Oc2cc3cnn(C)c3cc2-c2cn[nH]c2)cc1. The van der Waals surface area contributed by atoms with E-state index in [2.05, 4.69) is 15.3 Å². The minimum atomic E-state index is -3.67. The van der Waals surface area contributed by atoms with Gasteiger partial charge in [0.25, 0.3) is 15.7 Å². The zero-order valence-corrected chi connectivity index (χ0v) is 26.2. The molecule has 236 valence electrons. The summed E-state index contributed by atoms with van der Waals surface area (Å²) in [5.41, 5.74) is 4.92. The number of ether oxygens (including phenoxy) is 1. The van der Waals surface area contributed by atoms with Crippen LogP contribution in [0, 0.1) is 19.7 Å². The van der Waals surface area contributed by atoms with Crippen molar-refractivity contribution in [1.82, 2.24) is 24.5 Å². The Morgan fingerprint density at radius 2 is 1.70 bits per heavy atom. The van der Waals surface area contributed by atoms with Gasteiger partial charge in [-0.3, -0.25) is 28.5 Å². The molecule has 3 aromatic carbocycles. The average Bonchev–Trinajstić information content (AvgIpc) is 3.64. The molecule has 0 atom stereocenters. The molecule has 0 aliphatic rings. The maximum atomic E-state index is 13.5. The predicted molar refractivity (Wildman–Crippen MR) is 172 cm³/mol. The lowest BCUT2D eigenvalue weighted by molar-refractivity contribution is 0.0990. The fraction of sp³-hybridized carbons (Fsp3) is 0.152. The molecular formula is C33H30FN5O6S. The van der Waals surface area contributed by atoms with Crippen molar-refractivity contribution in [3.63, 3.8) is 0 Å². The van der Waals surface area contributed by atoms with Gasteiger partial charge in [-0.1, -0.05) is 12.1 Å². The normalized spacial score (nSPS) is 11.3. The highest BCUT2D eigenvalue weighted by Crippen LogP contribution is 2.36. The van der Waals surface area contributed by atoms with Gasteiger partial charge in [0.1, 0.15) is 17.3 Å². The lowest BCUT2D eigenvalue weighted by Gasteiger charge is -2.14. The molecule has 0 aliphatic heterocycles. The van der Waals surface area contributed by atoms with Crippen molar-refractivity contribution in [2.24, 2.45) is 7.05 Å². The van der Waals surface area contributed by atoms with E-state index >= 15 is 0 Å². The Balaban J connectivity index is 0.000000775. The number of Topliss-reactive ketones (excluding diaryl/α,β-unsaturated/α-hetero) is 1. The number of pyridine rings is 1. The van der Waals surface area contributed by atoms with Crippen LogP contribution in [0.2, 0.25) is 0 Å². The molecule has 0 radical (unpaired) electrons. The third-order valence-corrected chi connectivity index (χ3v) is 7.13. The number of hydrogen-bond acceptors (Lipinski definition) is 7. The number of rotatable bonds is 7. The van der Waals surface area contributed by atoms with E-state index in [0.29, 0.717) is 34.7 Å². The average molecular weight is 644 g/mol. The van der Waals surface area contributed by atoms with Gasteiger partial charge in [-0.2, -0.15) is 18.6 Å². The number of aromatic amines is 1. The number of aryl methyl sites for hydroxylation is 3. The maximum absolute atomic E-state index is 13.5. The van der Waals surface area contributed by atoms with Crippen molar-refractivity contribution >= 4 is 26.8 Å². The van der Waals surface area contributed by atoms with E-state index in [0.717, 1.165) is 27.6 Å². The number of carbonyl (C=O) groups is 1. The number of halogens is 1. The van der Waals surface area contributed by atoms with E-state index in [1.54, 1.807) is 55.3 Å². The third-order valence-electron chi connectivity index (χ3n) is 7.13. The summed E-state index contributed by atoms with van der Waals surface area (Å²) in [6.07, 6.45) is 6.08. The van der Waals surface area contributed by atoms with E-state index in [4.69, 9.17) is 9.29 Å². The topological polar surface area (TPSA) is 149 Å². The molecule has 0 saturated carbocycles. The van der Waals surface area contributed by atoms with Crippen molar-refractivity contribution in [1.29, 1.82) is 0 Å². The first-order valence-electron chi connectivity index (χ1n) is 13.9. The van der Waals surface area contributed by atoms with Gasteiger partial charge in [0.2, 0.25) is 0 Å². The molecule has 46 heavy (non-hydrogen) atoms. The second-order valence-electron chi connectivity index (χ2n) is 10.7. The van der Waals surface area contributed by atoms with E-state index in [9.17, 15) is 22.4 Å². The minimum absolute atomic E-state index is 0.0464. The van der Waals surface area contributed by atoms with Crippen LogP contribution in [-0.4, -0.2) is 49.6 Å². The third kappa shape index (κ3) is 7.28. The van der Waals surface area contributed by atoms with Gasteiger partial charge in [0.05, 0.1) is 29.7 Å². The van der Waals surface area contributed by atoms with Gasteiger partial charge in [0, 0.05) is 47.6 Å². The lowest BCUT2D eigenvalue weighted by Crippen LogP contribution is -2.29. The van der Waals surface area contributed by atoms with Crippen LogP contribution >= 0.6 is 0 Å². The van der Waals surface area contributed by atoms with Crippen molar-refractivity contribution in [3.8, 4) is 28.3 Å². The van der Waals surface area contributed by atoms with Crippen molar-refractivity contribution in [2.45, 2.75) is 20.3 Å². The van der Waals surface area contributed by atoms with Gasteiger partial charge in [-0.05, 0) is 79.6 Å². The zero-order chi connectivity index (χ0) is 33.2. The molecule has 0 unspecified atom stereocenters. The second kappa shape index (κ2) is 12.9. The highest BCUT2D eigenvalue weighted by molar-refractivity contribution is 7.85. The molecule has 0 saturated heterocycles. The molecule has 2 N–H and O–H groups in total. The minimum Gasteiger partial charge on any atom is -0.457 e. The summed E-state index contributed by atoms with van der Waals surface area (Å²) in [6.45, 7) is 3.54. The predicted octanol–water partition coefficient (Wildman–Crippen LogP) is 5.59. The molecule has 11 nitrogen and oxygen atoms in total. The quantitative estimate of drug-likeness (QED) is 0.169. The van der Waals surface area contributed by atoms with Crippen LogP contribution in [0.4, 0.5) is 4.39 Å². The van der Waals surface area contributed by atoms with Gasteiger partial charge in [0.15, 0.2) is 5.78 Å². The smallest absolute Gasteiger partial charge is 0.266 e. The maximum Gasteiger partial charge on any atom is 0.266 e. The number of aromatic nitrogens is 5. The van der Waals surface area contributed by atoms with Crippen LogP contribution in [0.15, 0.2) is 90.1 Å². The summed E-state index contributed by atoms with van der Waals surface area (Å²) in [7, 11) is -1.78. The van der Waals surface area contributed by atoms with E-state index in [-0.39, 0.29) is 17.8 Å². The van der Waals surface area contributed by atoms with Gasteiger partial charge in [-0.25, -0.2) is 4.39 Å². The number of H-pyrrole nitrogens is 1. The number of ketones is 1. The number of hydrogen-bond donors (Lipinski definition) is 2. The van der Waals surface area contributed by atoms with Crippen LogP contribution in [-0.2, 0) is 23.6 Å². The largest absolute Gasteiger partial charge is 0.457 e. The Labute approximate surface area is 263 Å². The number of carbonyl (C=O) groups excluding carboxylic acids is 1. The number of fused-ring (bicyclic) bond motifs is 1. The Morgan fingerprint density at radius 3 is 2.33 bits per heavy atom. The van der Waals surface area contributed by atoms with Crippen molar-refractivity contribution < 1.29 is 26.9 Å². The highest BCUT2D eigenvalue weighted by atomic mass is 32.2. The molecule has 0 amide bonds. The summed E-state index contributed by atoms with van der Waals surface area (Å²) in [6, 6.07) is 18.6. The summed E-state index contributed by atoms with van der Waals surface area (Å²) < 4.78 is 48.8. The fourth-order valence-electron chi connectivity index (χ4n) is 5.10. The molecule has 13 heteroatoms. The fourth-order valence-corrected chi connectivity index (χ4v) is 5.10. The van der Waals surface area contributed by atoms with E-state index < -0.39 is 21.5 Å². The number of benzene rings is 3. The molecular weight excluding hydrogens is 613 g/mol. The molecule has 0 bridgehead atoms. The molecule has 6 aromatic rings. The molecule has 0 spiro atoms. The highest BCUT2D eigenvalue weighted by Gasteiger charge is 2.19. The Hall–Kier alpha value is -5.40. The first-order chi connectivity index (χ1) is 21.8. The monoisotopic (exact) mass is 643 g/mol. The van der Waals surface area contributed by atoms with Crippen molar-refractivity contribution in [3.05, 3.63) is 124 Å². The lowest BCUT2D eigenvalue weighted by atomic mass is 9.99. The molecule has 0 aliphatic carbocycles. The zero-order valence-electron chi connectivity index (χ0n) is 25.4. The van der Waals surface area contributed by atoms with Crippen LogP contribution in [0.5, 0.6) is 11.5 Å². The Bertz CT molecular complexity index is 2200. The first kappa shape index (κ1) is 32.0. The van der Waals surface area contributed by atoms with Crippen LogP contribution in [0.3, 0.4) is 0 Å². The van der Waals surface area contributed by atoms with E-state index in [1.165, 1.54) is 28.8 Å². The summed E-state index contributed by atoms with van der Waals surface area (Å²) >= 11 is 0. The number of nitrogens with zero attached hydrogens (tertiary/aromatic N) is 4. The Morgan fingerprint density at radius 1 is 1.02 bits per heavy atom. The standard InChI is InChI=1S/C32H26FN5O3.CH4O3S/c1-19-12-20(2)38(25-8-6-24(33)7-9-25)32(40)31(19)29(39)13-21-4-10-26(11-5-21)41-30-14-22-18-36-37(3)28(22)15-27(30)23-16-34-35-17-23;1-5(2,3)4/h4-12,14-18H,13H2,1-3H3,(H,34,35);1H3,(H,2,3,4). The summed E-state index contributed by atoms with van der Waals surface area (Å²) in [5, 5.41) is 12.2. The van der Waals surface area contributed by atoms with Crippen LogP contribution in [0.1, 0.15) is 27.2 Å². The summed E-state index contributed by atoms with van der Waals surface area (Å²) in [5.74, 6) is 0.554. The van der Waals surface area contributed by atoms with Crippen molar-refractivity contribution in [2.75, 3.05) is 6.26 Å². The first-order valence-corrected chi connectivity index (χ1v) is 15.8. The molecule has 6 rings (SSSR count). The van der Waals surface area contributed by atoms with Crippen LogP contribution in [0.25, 0.3) is 27.7 Å². The molecule has 3 heterocycles. The van der Waals surface area contributed by atoms with Gasteiger partial charge >= 0.3 is 0 Å². The molecule has 3 aromatic heterocycles. The summed E-state index contributed by atoms with van der Waals surface area (Å²) in [4.78, 5) is 26.8. The van der Waals surface area contributed by atoms with E-state index in [1.807, 2.05) is 31.3 Å². The van der Waals surface area contributed by atoms with Gasteiger partial charge in [-0.15, -0.1) is 0 Å². The molecule has 0 fully saturated rings.